The molecule has 2 N–H and O–H groups in total. The summed E-state index contributed by atoms with van der Waals surface area (Å²) in [6.45, 7) is 3.90. The summed E-state index contributed by atoms with van der Waals surface area (Å²) in [5, 5.41) is 8.27. The van der Waals surface area contributed by atoms with E-state index in [4.69, 9.17) is 28.9 Å². The summed E-state index contributed by atoms with van der Waals surface area (Å²) in [4.78, 5) is 2.16. The molecule has 2 rings (SSSR count). The van der Waals surface area contributed by atoms with Crippen molar-refractivity contribution in [3.05, 3.63) is 16.4 Å². The van der Waals surface area contributed by atoms with Crippen molar-refractivity contribution in [2.75, 3.05) is 18.0 Å². The Kier molecular flexibility index (Phi) is 3.52. The van der Waals surface area contributed by atoms with E-state index in [1.807, 2.05) is 0 Å². The van der Waals surface area contributed by atoms with E-state index in [1.54, 1.807) is 6.07 Å². The van der Waals surface area contributed by atoms with Gasteiger partial charge in [0.15, 0.2) is 10.3 Å². The highest BCUT2D eigenvalue weighted by molar-refractivity contribution is 6.33. The maximum atomic E-state index is 6.01. The molecule has 1 aliphatic heterocycles. The van der Waals surface area contributed by atoms with Crippen LogP contribution >= 0.6 is 23.2 Å². The van der Waals surface area contributed by atoms with Crippen LogP contribution in [0.25, 0.3) is 0 Å². The summed E-state index contributed by atoms with van der Waals surface area (Å²) in [7, 11) is 0. The van der Waals surface area contributed by atoms with Crippen LogP contribution in [0.1, 0.15) is 13.3 Å². The predicted octanol–water partition coefficient (Wildman–Crippen LogP) is 1.96. The zero-order valence-electron chi connectivity index (χ0n) is 9.03. The Morgan fingerprint density at radius 1 is 1.44 bits per heavy atom. The number of nitrogens with two attached hydrogens (primary N) is 1. The quantitative estimate of drug-likeness (QED) is 0.839. The van der Waals surface area contributed by atoms with Crippen LogP contribution in [0.15, 0.2) is 6.07 Å². The van der Waals surface area contributed by atoms with Crippen LogP contribution in [0, 0.1) is 5.92 Å². The highest BCUT2D eigenvalue weighted by Crippen LogP contribution is 2.28. The standard InChI is InChI=1S/C10H14Cl2N4/c1-6-5-16(3-2-7(6)13)8-4-9(11)14-15-10(8)12/h4,6-7H,2-3,5,13H2,1H3. The predicted molar refractivity (Wildman–Crippen MR) is 66.0 cm³/mol. The van der Waals surface area contributed by atoms with Crippen molar-refractivity contribution in [1.29, 1.82) is 0 Å². The van der Waals surface area contributed by atoms with Gasteiger partial charge in [-0.15, -0.1) is 10.2 Å². The van der Waals surface area contributed by atoms with E-state index in [-0.39, 0.29) is 6.04 Å². The molecule has 1 aromatic rings. The Bertz CT molecular complexity index is 385. The van der Waals surface area contributed by atoms with Gasteiger partial charge in [-0.25, -0.2) is 0 Å². The minimum atomic E-state index is 0.264. The van der Waals surface area contributed by atoms with Crippen molar-refractivity contribution in [2.45, 2.75) is 19.4 Å². The minimum Gasteiger partial charge on any atom is -0.369 e. The molecular weight excluding hydrogens is 247 g/mol. The third-order valence-corrected chi connectivity index (χ3v) is 3.47. The van der Waals surface area contributed by atoms with Gasteiger partial charge in [0.2, 0.25) is 0 Å². The molecule has 6 heteroatoms. The Morgan fingerprint density at radius 2 is 2.19 bits per heavy atom. The number of anilines is 1. The normalized spacial score (nSPS) is 25.9. The summed E-state index contributed by atoms with van der Waals surface area (Å²) in [6.07, 6.45) is 0.956. The van der Waals surface area contributed by atoms with Crippen molar-refractivity contribution >= 4 is 28.9 Å². The molecule has 0 radical (unpaired) electrons. The van der Waals surface area contributed by atoms with Gasteiger partial charge < -0.3 is 10.6 Å². The maximum Gasteiger partial charge on any atom is 0.175 e. The van der Waals surface area contributed by atoms with Crippen molar-refractivity contribution in [3.63, 3.8) is 0 Å². The lowest BCUT2D eigenvalue weighted by molar-refractivity contribution is 0.382. The van der Waals surface area contributed by atoms with E-state index in [1.165, 1.54) is 0 Å². The fourth-order valence-electron chi connectivity index (χ4n) is 1.95. The summed E-state index contributed by atoms with van der Waals surface area (Å²) in [5.74, 6) is 0.441. The van der Waals surface area contributed by atoms with E-state index in [0.29, 0.717) is 16.2 Å². The minimum absolute atomic E-state index is 0.264. The van der Waals surface area contributed by atoms with Gasteiger partial charge >= 0.3 is 0 Å². The SMILES string of the molecule is CC1CN(c2cc(Cl)nnc2Cl)CCC1N. The molecule has 0 bridgehead atoms. The summed E-state index contributed by atoms with van der Waals surface area (Å²) in [6, 6.07) is 2.01. The monoisotopic (exact) mass is 260 g/mol. The Labute approximate surface area is 105 Å². The van der Waals surface area contributed by atoms with Gasteiger partial charge in [0.05, 0.1) is 5.69 Å². The van der Waals surface area contributed by atoms with E-state index < -0.39 is 0 Å². The Balaban J connectivity index is 2.21. The lowest BCUT2D eigenvalue weighted by Crippen LogP contribution is -2.46. The summed E-state index contributed by atoms with van der Waals surface area (Å²) >= 11 is 11.8. The van der Waals surface area contributed by atoms with Gasteiger partial charge in [0.1, 0.15) is 0 Å². The van der Waals surface area contributed by atoms with E-state index in [9.17, 15) is 0 Å². The number of hydrogen-bond donors (Lipinski definition) is 1. The van der Waals surface area contributed by atoms with E-state index in [2.05, 4.69) is 22.0 Å². The van der Waals surface area contributed by atoms with Crippen molar-refractivity contribution in [2.24, 2.45) is 11.7 Å². The van der Waals surface area contributed by atoms with Crippen molar-refractivity contribution in [1.82, 2.24) is 10.2 Å². The fraction of sp³-hybridized carbons (Fsp3) is 0.600. The van der Waals surface area contributed by atoms with Crippen LogP contribution in [0.3, 0.4) is 0 Å². The molecule has 88 valence electrons. The number of halogens is 2. The second-order valence-corrected chi connectivity index (χ2v) is 4.96. The molecule has 1 saturated heterocycles. The Morgan fingerprint density at radius 3 is 2.88 bits per heavy atom. The lowest BCUT2D eigenvalue weighted by atomic mass is 9.94. The molecule has 0 aromatic carbocycles. The molecule has 2 unspecified atom stereocenters. The Hall–Kier alpha value is -0.580. The highest BCUT2D eigenvalue weighted by Gasteiger charge is 2.25. The number of piperidine rings is 1. The zero-order valence-corrected chi connectivity index (χ0v) is 10.5. The molecule has 16 heavy (non-hydrogen) atoms. The largest absolute Gasteiger partial charge is 0.369 e. The van der Waals surface area contributed by atoms with Crippen LogP contribution in [0.4, 0.5) is 5.69 Å². The molecule has 0 amide bonds. The van der Waals surface area contributed by atoms with Crippen LogP contribution in [0.5, 0.6) is 0 Å². The third-order valence-electron chi connectivity index (χ3n) is 3.01. The first-order valence-corrected chi connectivity index (χ1v) is 6.03. The molecule has 0 spiro atoms. The second kappa shape index (κ2) is 4.73. The fourth-order valence-corrected chi connectivity index (χ4v) is 2.30. The molecule has 2 atom stereocenters. The van der Waals surface area contributed by atoms with Gasteiger partial charge in [-0.2, -0.15) is 0 Å². The first-order chi connectivity index (χ1) is 7.58. The molecule has 0 aliphatic carbocycles. The van der Waals surface area contributed by atoms with Crippen LogP contribution in [-0.2, 0) is 0 Å². The highest BCUT2D eigenvalue weighted by atomic mass is 35.5. The lowest BCUT2D eigenvalue weighted by Gasteiger charge is -2.36. The average Bonchev–Trinajstić information content (AvgIpc) is 2.26. The van der Waals surface area contributed by atoms with Crippen molar-refractivity contribution < 1.29 is 0 Å². The molecule has 2 heterocycles. The smallest absolute Gasteiger partial charge is 0.175 e. The van der Waals surface area contributed by atoms with Gasteiger partial charge in [-0.1, -0.05) is 30.1 Å². The van der Waals surface area contributed by atoms with Gasteiger partial charge in [-0.3, -0.25) is 0 Å². The number of hydrogen-bond acceptors (Lipinski definition) is 4. The average molecular weight is 261 g/mol. The third kappa shape index (κ3) is 2.39. The summed E-state index contributed by atoms with van der Waals surface area (Å²) in [5.41, 5.74) is 6.82. The van der Waals surface area contributed by atoms with Gasteiger partial charge in [0, 0.05) is 25.2 Å². The first kappa shape index (κ1) is 11.9. The topological polar surface area (TPSA) is 55.0 Å². The van der Waals surface area contributed by atoms with Crippen LogP contribution in [-0.4, -0.2) is 29.3 Å². The first-order valence-electron chi connectivity index (χ1n) is 5.27. The molecule has 1 fully saturated rings. The van der Waals surface area contributed by atoms with Crippen molar-refractivity contribution in [3.8, 4) is 0 Å². The van der Waals surface area contributed by atoms with E-state index >= 15 is 0 Å². The number of nitrogens with zero attached hydrogens (tertiary/aromatic N) is 3. The van der Waals surface area contributed by atoms with Gasteiger partial charge in [0.25, 0.3) is 0 Å². The maximum absolute atomic E-state index is 6.01. The molecule has 1 aromatic heterocycles. The van der Waals surface area contributed by atoms with E-state index in [0.717, 1.165) is 25.2 Å². The zero-order chi connectivity index (χ0) is 11.7. The number of aromatic nitrogens is 2. The molecule has 0 saturated carbocycles. The molecular formula is C10H14Cl2N4. The molecule has 4 nitrogen and oxygen atoms in total. The second-order valence-electron chi connectivity index (χ2n) is 4.22. The van der Waals surface area contributed by atoms with Crippen LogP contribution in [0.2, 0.25) is 10.3 Å². The van der Waals surface area contributed by atoms with Gasteiger partial charge in [-0.05, 0) is 12.3 Å². The number of rotatable bonds is 1. The summed E-state index contributed by atoms with van der Waals surface area (Å²) < 4.78 is 0. The molecule has 1 aliphatic rings. The van der Waals surface area contributed by atoms with Crippen LogP contribution < -0.4 is 10.6 Å².